The third kappa shape index (κ3) is 3.38. The molecule has 0 aliphatic heterocycles. The maximum Gasteiger partial charge on any atom is 0.126 e. The van der Waals surface area contributed by atoms with Gasteiger partial charge >= 0.3 is 0 Å². The quantitative estimate of drug-likeness (QED) is 0.693. The summed E-state index contributed by atoms with van der Waals surface area (Å²) in [6.45, 7) is 0. The maximum atomic E-state index is 5.36. The highest BCUT2D eigenvalue weighted by Gasteiger charge is 2.06. The lowest BCUT2D eigenvalue weighted by Gasteiger charge is -2.11. The van der Waals surface area contributed by atoms with Crippen molar-refractivity contribution in [2.45, 2.75) is 0 Å². The largest absolute Gasteiger partial charge is 1.00 e. The van der Waals surface area contributed by atoms with Gasteiger partial charge in [-0.25, -0.2) is 0 Å². The van der Waals surface area contributed by atoms with Crippen LogP contribution in [-0.2, 0) is 0 Å². The SMILES string of the molecule is COc1ccccc1Pc1ccccc1OC.[Cl-]. The van der Waals surface area contributed by atoms with E-state index in [1.165, 1.54) is 10.6 Å². The van der Waals surface area contributed by atoms with E-state index in [0.717, 1.165) is 11.5 Å². The van der Waals surface area contributed by atoms with Gasteiger partial charge in [0.15, 0.2) is 0 Å². The molecule has 0 heterocycles. The molecule has 2 aromatic carbocycles. The summed E-state index contributed by atoms with van der Waals surface area (Å²) < 4.78 is 10.7. The molecule has 2 aromatic rings. The second kappa shape index (κ2) is 7.25. The molecule has 0 aliphatic rings. The lowest BCUT2D eigenvalue weighted by molar-refractivity contribution is -0.00000387. The minimum atomic E-state index is 0. The van der Waals surface area contributed by atoms with E-state index in [1.54, 1.807) is 14.2 Å². The Kier molecular flexibility index (Phi) is 5.97. The van der Waals surface area contributed by atoms with Crippen molar-refractivity contribution in [3.05, 3.63) is 48.5 Å². The van der Waals surface area contributed by atoms with Gasteiger partial charge in [0.25, 0.3) is 0 Å². The van der Waals surface area contributed by atoms with E-state index in [9.17, 15) is 0 Å². The summed E-state index contributed by atoms with van der Waals surface area (Å²) in [6, 6.07) is 16.2. The first kappa shape index (κ1) is 14.8. The van der Waals surface area contributed by atoms with Gasteiger partial charge in [0.1, 0.15) is 11.5 Å². The van der Waals surface area contributed by atoms with Crippen molar-refractivity contribution in [2.75, 3.05) is 14.2 Å². The Hall–Kier alpha value is -1.24. The highest BCUT2D eigenvalue weighted by Crippen LogP contribution is 2.23. The van der Waals surface area contributed by atoms with Crippen LogP contribution in [0.4, 0.5) is 0 Å². The summed E-state index contributed by atoms with van der Waals surface area (Å²) >= 11 is 0. The van der Waals surface area contributed by atoms with Crippen molar-refractivity contribution >= 4 is 19.2 Å². The van der Waals surface area contributed by atoms with E-state index in [0.29, 0.717) is 8.58 Å². The number of ether oxygens (including phenoxy) is 2. The van der Waals surface area contributed by atoms with Gasteiger partial charge in [0, 0.05) is 10.6 Å². The smallest absolute Gasteiger partial charge is 0.126 e. The van der Waals surface area contributed by atoms with Crippen LogP contribution < -0.4 is 32.5 Å². The van der Waals surface area contributed by atoms with E-state index in [2.05, 4.69) is 12.1 Å². The van der Waals surface area contributed by atoms with Gasteiger partial charge < -0.3 is 21.9 Å². The summed E-state index contributed by atoms with van der Waals surface area (Å²) in [6.07, 6.45) is 0. The average Bonchev–Trinajstić information content (AvgIpc) is 2.40. The van der Waals surface area contributed by atoms with E-state index in [4.69, 9.17) is 9.47 Å². The zero-order valence-electron chi connectivity index (χ0n) is 10.3. The number of halogens is 1. The molecule has 0 aromatic heterocycles. The number of methoxy groups -OCH3 is 2. The maximum absolute atomic E-state index is 5.36. The van der Waals surface area contributed by atoms with Crippen LogP contribution in [0.3, 0.4) is 0 Å². The van der Waals surface area contributed by atoms with Gasteiger partial charge in [-0.1, -0.05) is 45.0 Å². The van der Waals surface area contributed by atoms with Gasteiger partial charge in [-0.3, -0.25) is 0 Å². The zero-order valence-corrected chi connectivity index (χ0v) is 12.1. The number of benzene rings is 2. The molecule has 0 atom stereocenters. The van der Waals surface area contributed by atoms with Crippen molar-refractivity contribution in [2.24, 2.45) is 0 Å². The molecule has 0 spiro atoms. The predicted molar refractivity (Wildman–Crippen MR) is 73.6 cm³/mol. The molecule has 18 heavy (non-hydrogen) atoms. The van der Waals surface area contributed by atoms with E-state index >= 15 is 0 Å². The molecule has 0 aliphatic carbocycles. The van der Waals surface area contributed by atoms with Gasteiger partial charge in [0.2, 0.25) is 0 Å². The van der Waals surface area contributed by atoms with Gasteiger partial charge in [0.05, 0.1) is 14.2 Å². The predicted octanol–water partition coefficient (Wildman–Crippen LogP) is -0.663. The van der Waals surface area contributed by atoms with Crippen molar-refractivity contribution < 1.29 is 21.9 Å². The van der Waals surface area contributed by atoms with Crippen molar-refractivity contribution in [1.29, 1.82) is 0 Å². The molecule has 2 nitrogen and oxygen atoms in total. The lowest BCUT2D eigenvalue weighted by Crippen LogP contribution is -3.00. The first-order chi connectivity index (χ1) is 8.35. The number of rotatable bonds is 4. The lowest BCUT2D eigenvalue weighted by atomic mass is 10.3. The van der Waals surface area contributed by atoms with Gasteiger partial charge in [-0.05, 0) is 12.1 Å². The monoisotopic (exact) mass is 281 g/mol. The Balaban J connectivity index is 0.00000162. The third-order valence-corrected chi connectivity index (χ3v) is 3.85. The molecule has 0 saturated heterocycles. The normalized spacial score (nSPS) is 9.44. The molecule has 0 saturated carbocycles. The van der Waals surface area contributed by atoms with Crippen LogP contribution in [0.1, 0.15) is 0 Å². The highest BCUT2D eigenvalue weighted by atomic mass is 35.5. The Morgan fingerprint density at radius 2 is 1.11 bits per heavy atom. The molecule has 0 radical (unpaired) electrons. The Morgan fingerprint density at radius 1 is 0.722 bits per heavy atom. The molecule has 0 amide bonds. The Labute approximate surface area is 116 Å². The fraction of sp³-hybridized carbons (Fsp3) is 0.143. The van der Waals surface area contributed by atoms with Crippen LogP contribution in [0.5, 0.6) is 11.5 Å². The van der Waals surface area contributed by atoms with E-state index in [1.807, 2.05) is 36.4 Å². The summed E-state index contributed by atoms with van der Waals surface area (Å²) in [5, 5.41) is 2.39. The standard InChI is InChI=1S/C14H15O2P.ClH/c1-15-11-7-3-5-9-13(11)17-14-10-6-4-8-12(14)16-2;/h3-10,17H,1-2H3;1H/p-1. The van der Waals surface area contributed by atoms with Crippen LogP contribution in [0, 0.1) is 0 Å². The van der Waals surface area contributed by atoms with Gasteiger partial charge in [-0.15, -0.1) is 0 Å². The molecular weight excluding hydrogens is 267 g/mol. The third-order valence-electron chi connectivity index (χ3n) is 2.48. The summed E-state index contributed by atoms with van der Waals surface area (Å²) in [7, 11) is 3.94. The average molecular weight is 282 g/mol. The first-order valence-corrected chi connectivity index (χ1v) is 6.38. The minimum Gasteiger partial charge on any atom is -1.00 e. The Morgan fingerprint density at radius 3 is 1.50 bits per heavy atom. The molecule has 2 rings (SSSR count). The minimum absolute atomic E-state index is 0. The molecule has 0 fully saturated rings. The topological polar surface area (TPSA) is 18.5 Å². The summed E-state index contributed by atoms with van der Waals surface area (Å²) in [5.41, 5.74) is 0. The second-order valence-corrected chi connectivity index (χ2v) is 4.85. The molecule has 0 N–H and O–H groups in total. The Bertz CT molecular complexity index is 457. The first-order valence-electron chi connectivity index (χ1n) is 5.38. The van der Waals surface area contributed by atoms with E-state index in [-0.39, 0.29) is 12.4 Å². The van der Waals surface area contributed by atoms with Crippen molar-refractivity contribution in [3.8, 4) is 11.5 Å². The van der Waals surface area contributed by atoms with E-state index < -0.39 is 0 Å². The van der Waals surface area contributed by atoms with Crippen LogP contribution in [-0.4, -0.2) is 14.2 Å². The van der Waals surface area contributed by atoms with Crippen LogP contribution in [0.2, 0.25) is 0 Å². The zero-order chi connectivity index (χ0) is 12.1. The molecule has 96 valence electrons. The summed E-state index contributed by atoms with van der Waals surface area (Å²) in [5.74, 6) is 1.86. The molecular formula is C14H15ClO2P-. The van der Waals surface area contributed by atoms with Gasteiger partial charge in [-0.2, -0.15) is 0 Å². The second-order valence-electron chi connectivity index (χ2n) is 3.53. The van der Waals surface area contributed by atoms with Crippen molar-refractivity contribution in [3.63, 3.8) is 0 Å². The van der Waals surface area contributed by atoms with Crippen LogP contribution in [0.25, 0.3) is 0 Å². The molecule has 0 unspecified atom stereocenters. The number of hydrogen-bond donors (Lipinski definition) is 0. The molecule has 4 heteroatoms. The fourth-order valence-electron chi connectivity index (χ4n) is 1.64. The number of para-hydroxylation sites is 2. The highest BCUT2D eigenvalue weighted by molar-refractivity contribution is 7.56. The fourth-order valence-corrected chi connectivity index (χ4v) is 2.91. The van der Waals surface area contributed by atoms with Crippen LogP contribution in [0.15, 0.2) is 48.5 Å². The summed E-state index contributed by atoms with van der Waals surface area (Å²) in [4.78, 5) is 0. The van der Waals surface area contributed by atoms with Crippen molar-refractivity contribution in [1.82, 2.24) is 0 Å². The number of hydrogen-bond acceptors (Lipinski definition) is 2. The van der Waals surface area contributed by atoms with Crippen LogP contribution >= 0.6 is 8.58 Å². The molecule has 0 bridgehead atoms.